The summed E-state index contributed by atoms with van der Waals surface area (Å²) in [6.45, 7) is 1.49. The third-order valence-electron chi connectivity index (χ3n) is 5.25. The quantitative estimate of drug-likeness (QED) is 0.692. The predicted octanol–water partition coefficient (Wildman–Crippen LogP) is 3.56. The molecule has 9 heteroatoms. The number of nitrogens with zero attached hydrogens (tertiary/aromatic N) is 1. The lowest BCUT2D eigenvalue weighted by atomic mass is 9.94. The number of carbonyl (C=O) groups excluding carboxylic acids is 3. The molecule has 2 N–H and O–H groups in total. The molecule has 0 bridgehead atoms. The maximum absolute atomic E-state index is 14.1. The standard InChI is InChI=1S/C22H19ClFN3O4/c1-2-12-6-8-13(9-7-12)20-18-16(11-31-21(18)29)27(22(30)26-20)10-17(28)25-15-5-3-4-14(23)19(15)24/h3-9,20H,2,10-11H2,1H3,(H,25,28)(H,26,30)/t20-/m0/s1. The van der Waals surface area contributed by atoms with E-state index in [0.717, 1.165) is 22.4 Å². The number of hydrogen-bond donors (Lipinski definition) is 2. The minimum absolute atomic E-state index is 0.100. The van der Waals surface area contributed by atoms with Gasteiger partial charge in [-0.1, -0.05) is 48.9 Å². The first-order valence-electron chi connectivity index (χ1n) is 9.70. The minimum Gasteiger partial charge on any atom is -0.456 e. The highest BCUT2D eigenvalue weighted by molar-refractivity contribution is 6.31. The van der Waals surface area contributed by atoms with Gasteiger partial charge in [0.2, 0.25) is 5.91 Å². The van der Waals surface area contributed by atoms with Gasteiger partial charge in [0.15, 0.2) is 5.82 Å². The van der Waals surface area contributed by atoms with Crippen molar-refractivity contribution in [2.24, 2.45) is 0 Å². The van der Waals surface area contributed by atoms with E-state index in [0.29, 0.717) is 5.70 Å². The molecule has 0 aliphatic carbocycles. The average Bonchev–Trinajstić information content (AvgIpc) is 3.15. The number of carbonyl (C=O) groups is 3. The van der Waals surface area contributed by atoms with E-state index in [4.69, 9.17) is 16.3 Å². The number of urea groups is 1. The van der Waals surface area contributed by atoms with E-state index in [9.17, 15) is 18.8 Å². The van der Waals surface area contributed by atoms with Crippen molar-refractivity contribution < 1.29 is 23.5 Å². The van der Waals surface area contributed by atoms with Crippen molar-refractivity contribution in [3.8, 4) is 0 Å². The van der Waals surface area contributed by atoms with Gasteiger partial charge in [0.05, 0.1) is 28.0 Å². The molecule has 0 unspecified atom stereocenters. The van der Waals surface area contributed by atoms with Gasteiger partial charge in [-0.25, -0.2) is 14.0 Å². The first kappa shape index (κ1) is 20.9. The zero-order chi connectivity index (χ0) is 22.1. The number of aryl methyl sites for hydroxylation is 1. The summed E-state index contributed by atoms with van der Waals surface area (Å²) in [6, 6.07) is 10.6. The van der Waals surface area contributed by atoms with Crippen LogP contribution in [0.3, 0.4) is 0 Å². The Balaban J connectivity index is 1.59. The van der Waals surface area contributed by atoms with E-state index >= 15 is 0 Å². The van der Waals surface area contributed by atoms with Crippen LogP contribution in [0.25, 0.3) is 0 Å². The van der Waals surface area contributed by atoms with Gasteiger partial charge in [0, 0.05) is 0 Å². The summed E-state index contributed by atoms with van der Waals surface area (Å²) in [5.41, 5.74) is 2.37. The van der Waals surface area contributed by atoms with Crippen LogP contribution in [0.2, 0.25) is 5.02 Å². The van der Waals surface area contributed by atoms with Crippen LogP contribution in [0.5, 0.6) is 0 Å². The third-order valence-corrected chi connectivity index (χ3v) is 5.54. The van der Waals surface area contributed by atoms with Crippen LogP contribution in [-0.2, 0) is 20.7 Å². The SMILES string of the molecule is CCc1ccc([C@@H]2NC(=O)N(CC(=O)Nc3cccc(Cl)c3F)C3=C2C(=O)OC3)cc1. The number of cyclic esters (lactones) is 1. The number of rotatable bonds is 5. The summed E-state index contributed by atoms with van der Waals surface area (Å²) < 4.78 is 19.2. The van der Waals surface area contributed by atoms with E-state index in [1.165, 1.54) is 18.2 Å². The molecule has 160 valence electrons. The number of halogens is 2. The Hall–Kier alpha value is -3.39. The fraction of sp³-hybridized carbons (Fsp3) is 0.227. The summed E-state index contributed by atoms with van der Waals surface area (Å²) in [6.07, 6.45) is 0.864. The molecule has 2 heterocycles. The molecule has 2 aromatic rings. The lowest BCUT2D eigenvalue weighted by Crippen LogP contribution is -2.49. The monoisotopic (exact) mass is 443 g/mol. The number of ether oxygens (including phenoxy) is 1. The maximum atomic E-state index is 14.1. The van der Waals surface area contributed by atoms with Gasteiger partial charge < -0.3 is 15.4 Å². The first-order chi connectivity index (χ1) is 14.9. The second kappa shape index (κ2) is 8.39. The molecule has 0 radical (unpaired) electrons. The van der Waals surface area contributed by atoms with Gasteiger partial charge in [-0.05, 0) is 29.7 Å². The van der Waals surface area contributed by atoms with E-state index < -0.39 is 36.3 Å². The fourth-order valence-corrected chi connectivity index (χ4v) is 3.78. The van der Waals surface area contributed by atoms with Crippen molar-refractivity contribution in [2.75, 3.05) is 18.5 Å². The van der Waals surface area contributed by atoms with E-state index in [1.807, 2.05) is 31.2 Å². The second-order valence-corrected chi connectivity index (χ2v) is 7.56. The third kappa shape index (κ3) is 3.98. The molecule has 2 aliphatic rings. The van der Waals surface area contributed by atoms with Gasteiger partial charge in [-0.3, -0.25) is 9.69 Å². The lowest BCUT2D eigenvalue weighted by Gasteiger charge is -2.32. The Morgan fingerprint density at radius 1 is 1.26 bits per heavy atom. The number of esters is 1. The summed E-state index contributed by atoms with van der Waals surface area (Å²) in [7, 11) is 0. The van der Waals surface area contributed by atoms with Gasteiger partial charge >= 0.3 is 12.0 Å². The van der Waals surface area contributed by atoms with E-state index in [2.05, 4.69) is 10.6 Å². The van der Waals surface area contributed by atoms with Crippen LogP contribution < -0.4 is 10.6 Å². The largest absolute Gasteiger partial charge is 0.456 e. The van der Waals surface area contributed by atoms with Crippen molar-refractivity contribution in [3.05, 3.63) is 75.7 Å². The van der Waals surface area contributed by atoms with Crippen LogP contribution in [0, 0.1) is 5.82 Å². The molecule has 0 fully saturated rings. The molecule has 0 saturated carbocycles. The van der Waals surface area contributed by atoms with Crippen LogP contribution in [0.15, 0.2) is 53.7 Å². The molecular formula is C22H19ClFN3O4. The number of nitrogens with one attached hydrogen (secondary N) is 2. The predicted molar refractivity (Wildman–Crippen MR) is 112 cm³/mol. The topological polar surface area (TPSA) is 87.7 Å². The Bertz CT molecular complexity index is 1100. The van der Waals surface area contributed by atoms with E-state index in [1.54, 1.807) is 0 Å². The average molecular weight is 444 g/mol. The smallest absolute Gasteiger partial charge is 0.338 e. The zero-order valence-electron chi connectivity index (χ0n) is 16.6. The van der Waals surface area contributed by atoms with Gasteiger partial charge in [0.25, 0.3) is 0 Å². The lowest BCUT2D eigenvalue weighted by molar-refractivity contribution is -0.136. The summed E-state index contributed by atoms with van der Waals surface area (Å²) in [4.78, 5) is 38.8. The van der Waals surface area contributed by atoms with Gasteiger partial charge in [-0.15, -0.1) is 0 Å². The Kier molecular flexibility index (Phi) is 5.65. The molecule has 2 aliphatic heterocycles. The highest BCUT2D eigenvalue weighted by atomic mass is 35.5. The highest BCUT2D eigenvalue weighted by Crippen LogP contribution is 2.35. The van der Waals surface area contributed by atoms with E-state index in [-0.39, 0.29) is 22.9 Å². The Labute approximate surface area is 182 Å². The number of benzene rings is 2. The number of amides is 3. The van der Waals surface area contributed by atoms with Crippen molar-refractivity contribution >= 4 is 35.2 Å². The highest BCUT2D eigenvalue weighted by Gasteiger charge is 2.42. The second-order valence-electron chi connectivity index (χ2n) is 7.15. The Morgan fingerprint density at radius 3 is 2.71 bits per heavy atom. The van der Waals surface area contributed by atoms with Crippen molar-refractivity contribution in [2.45, 2.75) is 19.4 Å². The normalized spacial score (nSPS) is 17.9. The molecule has 7 nitrogen and oxygen atoms in total. The summed E-state index contributed by atoms with van der Waals surface area (Å²) >= 11 is 5.73. The number of hydrogen-bond acceptors (Lipinski definition) is 4. The van der Waals surface area contributed by atoms with Gasteiger partial charge in [-0.2, -0.15) is 0 Å². The first-order valence-corrected chi connectivity index (χ1v) is 10.1. The van der Waals surface area contributed by atoms with Crippen LogP contribution in [0.1, 0.15) is 24.1 Å². The molecule has 0 saturated heterocycles. The van der Waals surface area contributed by atoms with Crippen molar-refractivity contribution in [3.63, 3.8) is 0 Å². The van der Waals surface area contributed by atoms with Crippen molar-refractivity contribution in [1.29, 1.82) is 0 Å². The minimum atomic E-state index is -0.768. The molecule has 31 heavy (non-hydrogen) atoms. The molecule has 3 amide bonds. The van der Waals surface area contributed by atoms with Crippen LogP contribution >= 0.6 is 11.6 Å². The van der Waals surface area contributed by atoms with Crippen LogP contribution in [0.4, 0.5) is 14.9 Å². The zero-order valence-corrected chi connectivity index (χ0v) is 17.3. The molecule has 1 atom stereocenters. The molecular weight excluding hydrogens is 425 g/mol. The van der Waals surface area contributed by atoms with Crippen molar-refractivity contribution in [1.82, 2.24) is 10.2 Å². The fourth-order valence-electron chi connectivity index (χ4n) is 3.61. The summed E-state index contributed by atoms with van der Waals surface area (Å²) in [5.74, 6) is -1.96. The Morgan fingerprint density at radius 2 is 2.00 bits per heavy atom. The molecule has 0 aromatic heterocycles. The molecule has 4 rings (SSSR count). The molecule has 0 spiro atoms. The maximum Gasteiger partial charge on any atom is 0.338 e. The number of anilines is 1. The summed E-state index contributed by atoms with van der Waals surface area (Å²) in [5, 5.41) is 5.03. The van der Waals surface area contributed by atoms with Crippen LogP contribution in [-0.4, -0.2) is 36.0 Å². The van der Waals surface area contributed by atoms with Gasteiger partial charge in [0.1, 0.15) is 13.2 Å². The molecule has 2 aromatic carbocycles.